The van der Waals surface area contributed by atoms with Crippen LogP contribution in [0.2, 0.25) is 0 Å². The molecule has 2 aromatic carbocycles. The summed E-state index contributed by atoms with van der Waals surface area (Å²) < 4.78 is 34.1. The normalized spacial score (nSPS) is 14.9. The maximum absolute atomic E-state index is 13.0. The van der Waals surface area contributed by atoms with Gasteiger partial charge >= 0.3 is 0 Å². The van der Waals surface area contributed by atoms with Gasteiger partial charge in [0.05, 0.1) is 12.0 Å². The zero-order valence-corrected chi connectivity index (χ0v) is 17.3. The fourth-order valence-corrected chi connectivity index (χ4v) is 5.33. The number of methoxy groups -OCH3 is 1. The zero-order chi connectivity index (χ0) is 19.6. The topological polar surface area (TPSA) is 58.6 Å². The van der Waals surface area contributed by atoms with E-state index in [2.05, 4.69) is 9.62 Å². The van der Waals surface area contributed by atoms with Crippen LogP contribution >= 0.6 is 0 Å². The Morgan fingerprint density at radius 3 is 2.19 bits per heavy atom. The zero-order valence-electron chi connectivity index (χ0n) is 16.5. The molecule has 0 spiro atoms. The average molecular weight is 389 g/mol. The summed E-state index contributed by atoms with van der Waals surface area (Å²) in [5.74, 6) is 0.704. The van der Waals surface area contributed by atoms with Gasteiger partial charge in [-0.15, -0.1) is 0 Å². The third kappa shape index (κ3) is 4.05. The lowest BCUT2D eigenvalue weighted by Gasteiger charge is -2.28. The first kappa shape index (κ1) is 19.5. The molecule has 0 unspecified atom stereocenters. The molecule has 1 aliphatic heterocycles. The molecular formula is C21H28N2O3S. The maximum atomic E-state index is 13.0. The molecule has 0 aliphatic carbocycles. The summed E-state index contributed by atoms with van der Waals surface area (Å²) in [5.41, 5.74) is 3.94. The molecule has 1 N–H and O–H groups in total. The van der Waals surface area contributed by atoms with Crippen LogP contribution in [0, 0.1) is 20.8 Å². The molecule has 0 radical (unpaired) electrons. The number of nitrogens with one attached hydrogen (secondary N) is 1. The highest BCUT2D eigenvalue weighted by Gasteiger charge is 2.23. The van der Waals surface area contributed by atoms with E-state index in [9.17, 15) is 8.42 Å². The minimum absolute atomic E-state index is 0.320. The first-order chi connectivity index (χ1) is 12.8. The number of hydrogen-bond acceptors (Lipinski definition) is 4. The fraction of sp³-hybridized carbons (Fsp3) is 0.429. The second kappa shape index (κ2) is 7.80. The molecule has 146 valence electrons. The molecular weight excluding hydrogens is 360 g/mol. The Labute approximate surface area is 162 Å². The predicted molar refractivity (Wildman–Crippen MR) is 111 cm³/mol. The third-order valence-corrected chi connectivity index (χ3v) is 6.98. The summed E-state index contributed by atoms with van der Waals surface area (Å²) in [6, 6.07) is 9.42. The highest BCUT2D eigenvalue weighted by Crippen LogP contribution is 2.32. The molecule has 3 rings (SSSR count). The minimum Gasteiger partial charge on any atom is -0.496 e. The van der Waals surface area contributed by atoms with Gasteiger partial charge in [-0.1, -0.05) is 0 Å². The smallest absolute Gasteiger partial charge is 0.262 e. The Hall–Kier alpha value is -2.21. The van der Waals surface area contributed by atoms with Crippen LogP contribution in [0.3, 0.4) is 0 Å². The standard InChI is InChI=1S/C21H28N2O3S/c1-15-14-20(26-4)16(2)17(3)21(15)27(24,25)22-18-8-10-19(11-9-18)23-12-6-5-7-13-23/h8-11,14,22H,5-7,12-13H2,1-4H3. The molecule has 2 aromatic rings. The second-order valence-corrected chi connectivity index (χ2v) is 8.79. The summed E-state index contributed by atoms with van der Waals surface area (Å²) in [5, 5.41) is 0. The Kier molecular flexibility index (Phi) is 5.65. The quantitative estimate of drug-likeness (QED) is 0.824. The van der Waals surface area contributed by atoms with E-state index < -0.39 is 10.0 Å². The summed E-state index contributed by atoms with van der Waals surface area (Å²) in [7, 11) is -2.08. The summed E-state index contributed by atoms with van der Waals surface area (Å²) in [4.78, 5) is 2.67. The molecule has 1 heterocycles. The van der Waals surface area contributed by atoms with Gasteiger partial charge in [-0.3, -0.25) is 4.72 Å². The van der Waals surface area contributed by atoms with E-state index in [4.69, 9.17) is 4.74 Å². The Bertz CT molecular complexity index is 915. The lowest BCUT2D eigenvalue weighted by Crippen LogP contribution is -2.29. The van der Waals surface area contributed by atoms with Crippen LogP contribution in [-0.4, -0.2) is 28.6 Å². The van der Waals surface area contributed by atoms with Gasteiger partial charge in [0, 0.05) is 24.5 Å². The summed E-state index contributed by atoms with van der Waals surface area (Å²) >= 11 is 0. The van der Waals surface area contributed by atoms with Gasteiger partial charge < -0.3 is 9.64 Å². The van der Waals surface area contributed by atoms with E-state index in [1.165, 1.54) is 19.3 Å². The van der Waals surface area contributed by atoms with Crippen LogP contribution in [0.5, 0.6) is 5.75 Å². The number of hydrogen-bond donors (Lipinski definition) is 1. The highest BCUT2D eigenvalue weighted by molar-refractivity contribution is 7.92. The Balaban J connectivity index is 1.86. The number of sulfonamides is 1. The molecule has 0 atom stereocenters. The van der Waals surface area contributed by atoms with E-state index in [-0.39, 0.29) is 0 Å². The number of anilines is 2. The molecule has 1 aliphatic rings. The first-order valence-electron chi connectivity index (χ1n) is 9.36. The molecule has 0 amide bonds. The van der Waals surface area contributed by atoms with Gasteiger partial charge in [0.2, 0.25) is 0 Å². The van der Waals surface area contributed by atoms with Crippen molar-refractivity contribution in [3.8, 4) is 5.75 Å². The highest BCUT2D eigenvalue weighted by atomic mass is 32.2. The van der Waals surface area contributed by atoms with Crippen molar-refractivity contribution in [2.45, 2.75) is 44.9 Å². The van der Waals surface area contributed by atoms with Crippen molar-refractivity contribution in [1.82, 2.24) is 0 Å². The first-order valence-corrected chi connectivity index (χ1v) is 10.8. The van der Waals surface area contributed by atoms with E-state index in [0.717, 1.165) is 24.3 Å². The van der Waals surface area contributed by atoms with Gasteiger partial charge in [0.25, 0.3) is 10.0 Å². The van der Waals surface area contributed by atoms with Crippen molar-refractivity contribution in [2.75, 3.05) is 29.8 Å². The number of aryl methyl sites for hydroxylation is 1. The van der Waals surface area contributed by atoms with E-state index in [1.807, 2.05) is 38.1 Å². The predicted octanol–water partition coefficient (Wildman–Crippen LogP) is 4.41. The lowest BCUT2D eigenvalue weighted by atomic mass is 10.1. The summed E-state index contributed by atoms with van der Waals surface area (Å²) in [6.07, 6.45) is 3.71. The van der Waals surface area contributed by atoms with Gasteiger partial charge in [-0.25, -0.2) is 8.42 Å². The van der Waals surface area contributed by atoms with Crippen molar-refractivity contribution in [2.24, 2.45) is 0 Å². The average Bonchev–Trinajstić information content (AvgIpc) is 2.65. The van der Waals surface area contributed by atoms with Crippen LogP contribution < -0.4 is 14.4 Å². The van der Waals surface area contributed by atoms with Crippen LogP contribution in [0.4, 0.5) is 11.4 Å². The van der Waals surface area contributed by atoms with Gasteiger partial charge in [-0.2, -0.15) is 0 Å². The van der Waals surface area contributed by atoms with E-state index in [0.29, 0.717) is 27.5 Å². The molecule has 1 saturated heterocycles. The molecule has 27 heavy (non-hydrogen) atoms. The molecule has 6 heteroatoms. The van der Waals surface area contributed by atoms with Gasteiger partial charge in [0.15, 0.2) is 0 Å². The Morgan fingerprint density at radius 1 is 0.963 bits per heavy atom. The van der Waals surface area contributed by atoms with Gasteiger partial charge in [-0.05, 0) is 87.1 Å². The third-order valence-electron chi connectivity index (χ3n) is 5.31. The van der Waals surface area contributed by atoms with Crippen molar-refractivity contribution < 1.29 is 13.2 Å². The molecule has 5 nitrogen and oxygen atoms in total. The SMILES string of the molecule is COc1cc(C)c(S(=O)(=O)Nc2ccc(N3CCCCC3)cc2)c(C)c1C. The van der Waals surface area contributed by atoms with Crippen molar-refractivity contribution >= 4 is 21.4 Å². The molecule has 0 bridgehead atoms. The van der Waals surface area contributed by atoms with Crippen LogP contribution in [0.15, 0.2) is 35.2 Å². The molecule has 1 fully saturated rings. The molecule has 0 aromatic heterocycles. The fourth-order valence-electron chi connectivity index (χ4n) is 3.75. The number of nitrogens with zero attached hydrogens (tertiary/aromatic N) is 1. The van der Waals surface area contributed by atoms with Crippen molar-refractivity contribution in [3.05, 3.63) is 47.0 Å². The van der Waals surface area contributed by atoms with Crippen molar-refractivity contribution in [1.29, 1.82) is 0 Å². The Morgan fingerprint density at radius 2 is 1.59 bits per heavy atom. The van der Waals surface area contributed by atoms with Crippen LogP contribution in [0.1, 0.15) is 36.0 Å². The van der Waals surface area contributed by atoms with E-state index in [1.54, 1.807) is 20.1 Å². The summed E-state index contributed by atoms with van der Waals surface area (Å²) in [6.45, 7) is 7.62. The minimum atomic E-state index is -3.68. The number of piperidine rings is 1. The maximum Gasteiger partial charge on any atom is 0.262 e. The number of rotatable bonds is 5. The van der Waals surface area contributed by atoms with Crippen LogP contribution in [0.25, 0.3) is 0 Å². The number of benzene rings is 2. The largest absolute Gasteiger partial charge is 0.496 e. The van der Waals surface area contributed by atoms with Crippen molar-refractivity contribution in [3.63, 3.8) is 0 Å². The lowest BCUT2D eigenvalue weighted by molar-refractivity contribution is 0.410. The second-order valence-electron chi connectivity index (χ2n) is 7.17. The monoisotopic (exact) mass is 388 g/mol. The van der Waals surface area contributed by atoms with Crippen LogP contribution in [-0.2, 0) is 10.0 Å². The molecule has 0 saturated carbocycles. The number of ether oxygens (including phenoxy) is 1. The van der Waals surface area contributed by atoms with E-state index >= 15 is 0 Å². The van der Waals surface area contributed by atoms with Gasteiger partial charge in [0.1, 0.15) is 5.75 Å².